The Kier molecular flexibility index (Phi) is 7.86. The molecule has 1 N–H and O–H groups in total. The molecule has 0 aromatic heterocycles. The quantitative estimate of drug-likeness (QED) is 0.651. The SMILES string of the molecule is CCN(CC)S(=O)(=O)c1ccc(N2CCOCC2)c(C(=O)NC(C)c2ccccc2F)c1. The van der Waals surface area contributed by atoms with Crippen LogP contribution in [0.5, 0.6) is 0 Å². The zero-order valence-electron chi connectivity index (χ0n) is 18.7. The molecule has 1 amide bonds. The van der Waals surface area contributed by atoms with Crippen LogP contribution >= 0.6 is 0 Å². The highest BCUT2D eigenvalue weighted by Gasteiger charge is 2.27. The van der Waals surface area contributed by atoms with Gasteiger partial charge in [-0.1, -0.05) is 32.0 Å². The van der Waals surface area contributed by atoms with E-state index in [9.17, 15) is 17.6 Å². The van der Waals surface area contributed by atoms with Gasteiger partial charge in [0.1, 0.15) is 5.82 Å². The molecule has 2 aromatic carbocycles. The third kappa shape index (κ3) is 5.11. The molecule has 1 aliphatic heterocycles. The van der Waals surface area contributed by atoms with Crippen molar-refractivity contribution in [3.05, 3.63) is 59.4 Å². The number of rotatable bonds is 8. The molecule has 7 nitrogen and oxygen atoms in total. The smallest absolute Gasteiger partial charge is 0.253 e. The van der Waals surface area contributed by atoms with Crippen molar-refractivity contribution < 1.29 is 22.3 Å². The molecule has 174 valence electrons. The lowest BCUT2D eigenvalue weighted by Gasteiger charge is -2.31. The van der Waals surface area contributed by atoms with Crippen molar-refractivity contribution in [1.82, 2.24) is 9.62 Å². The number of hydrogen-bond acceptors (Lipinski definition) is 5. The summed E-state index contributed by atoms with van der Waals surface area (Å²) >= 11 is 0. The van der Waals surface area contributed by atoms with Gasteiger partial charge in [-0.15, -0.1) is 0 Å². The van der Waals surface area contributed by atoms with Crippen LogP contribution in [0, 0.1) is 5.82 Å². The van der Waals surface area contributed by atoms with Crippen LogP contribution in [0.4, 0.5) is 10.1 Å². The fourth-order valence-electron chi connectivity index (χ4n) is 3.83. The van der Waals surface area contributed by atoms with Crippen LogP contribution in [0.25, 0.3) is 0 Å². The lowest BCUT2D eigenvalue weighted by Crippen LogP contribution is -2.38. The van der Waals surface area contributed by atoms with Crippen LogP contribution < -0.4 is 10.2 Å². The molecule has 1 heterocycles. The third-order valence-corrected chi connectivity index (χ3v) is 7.67. The van der Waals surface area contributed by atoms with Gasteiger partial charge in [0.25, 0.3) is 5.91 Å². The Morgan fingerprint density at radius 3 is 2.44 bits per heavy atom. The van der Waals surface area contributed by atoms with E-state index in [1.165, 1.54) is 22.5 Å². The van der Waals surface area contributed by atoms with Gasteiger partial charge in [-0.25, -0.2) is 12.8 Å². The predicted molar refractivity (Wildman–Crippen MR) is 122 cm³/mol. The summed E-state index contributed by atoms with van der Waals surface area (Å²) in [6, 6.07) is 10.3. The van der Waals surface area contributed by atoms with Crippen LogP contribution in [0.15, 0.2) is 47.4 Å². The van der Waals surface area contributed by atoms with E-state index in [1.807, 2.05) is 4.90 Å². The minimum atomic E-state index is -3.74. The Morgan fingerprint density at radius 1 is 1.16 bits per heavy atom. The Hall–Kier alpha value is -2.49. The van der Waals surface area contributed by atoms with Gasteiger partial charge in [0.2, 0.25) is 10.0 Å². The molecule has 1 aliphatic rings. The maximum Gasteiger partial charge on any atom is 0.253 e. The first-order valence-electron chi connectivity index (χ1n) is 10.8. The Labute approximate surface area is 189 Å². The summed E-state index contributed by atoms with van der Waals surface area (Å²) in [5, 5.41) is 2.82. The van der Waals surface area contributed by atoms with Crippen molar-refractivity contribution in [2.45, 2.75) is 31.7 Å². The molecule has 0 spiro atoms. The average molecular weight is 464 g/mol. The maximum absolute atomic E-state index is 14.2. The monoisotopic (exact) mass is 463 g/mol. The van der Waals surface area contributed by atoms with Gasteiger partial charge >= 0.3 is 0 Å². The van der Waals surface area contributed by atoms with Crippen LogP contribution in [-0.4, -0.2) is 58.0 Å². The van der Waals surface area contributed by atoms with Gasteiger partial charge in [0, 0.05) is 37.4 Å². The second-order valence-corrected chi connectivity index (χ2v) is 9.52. The average Bonchev–Trinajstić information content (AvgIpc) is 2.80. The molecule has 1 atom stereocenters. The van der Waals surface area contributed by atoms with Gasteiger partial charge < -0.3 is 15.0 Å². The van der Waals surface area contributed by atoms with Crippen molar-refractivity contribution in [3.63, 3.8) is 0 Å². The molecule has 2 aromatic rings. The maximum atomic E-state index is 14.2. The largest absolute Gasteiger partial charge is 0.378 e. The molecule has 1 saturated heterocycles. The molecule has 0 radical (unpaired) electrons. The van der Waals surface area contributed by atoms with Crippen LogP contribution in [-0.2, 0) is 14.8 Å². The van der Waals surface area contributed by atoms with Crippen molar-refractivity contribution in [3.8, 4) is 0 Å². The number of halogens is 1. The van der Waals surface area contributed by atoms with Gasteiger partial charge in [-0.3, -0.25) is 4.79 Å². The van der Waals surface area contributed by atoms with E-state index >= 15 is 0 Å². The van der Waals surface area contributed by atoms with Crippen LogP contribution in [0.2, 0.25) is 0 Å². The van der Waals surface area contributed by atoms with E-state index < -0.39 is 27.8 Å². The predicted octanol–water partition coefficient (Wildman–Crippen LogP) is 3.18. The molecule has 0 saturated carbocycles. The molecule has 0 bridgehead atoms. The number of carbonyl (C=O) groups is 1. The summed E-state index contributed by atoms with van der Waals surface area (Å²) in [4.78, 5) is 15.3. The Bertz CT molecular complexity index is 1050. The van der Waals surface area contributed by atoms with E-state index in [0.29, 0.717) is 50.6 Å². The third-order valence-electron chi connectivity index (χ3n) is 5.63. The summed E-state index contributed by atoms with van der Waals surface area (Å²) in [7, 11) is -3.74. The van der Waals surface area contributed by atoms with E-state index in [4.69, 9.17) is 4.74 Å². The molecular weight excluding hydrogens is 433 g/mol. The number of nitrogens with zero attached hydrogens (tertiary/aromatic N) is 2. The molecule has 1 fully saturated rings. The Balaban J connectivity index is 2.00. The summed E-state index contributed by atoms with van der Waals surface area (Å²) in [6.07, 6.45) is 0. The van der Waals surface area contributed by atoms with Gasteiger partial charge in [-0.05, 0) is 31.2 Å². The van der Waals surface area contributed by atoms with Crippen molar-refractivity contribution in [2.24, 2.45) is 0 Å². The molecule has 0 aliphatic carbocycles. The molecule has 3 rings (SSSR count). The zero-order chi connectivity index (χ0) is 23.3. The minimum absolute atomic E-state index is 0.0573. The summed E-state index contributed by atoms with van der Waals surface area (Å²) in [6.45, 7) is 8.11. The minimum Gasteiger partial charge on any atom is -0.378 e. The number of carbonyl (C=O) groups excluding carboxylic acids is 1. The van der Waals surface area contributed by atoms with Crippen molar-refractivity contribution in [1.29, 1.82) is 0 Å². The fraction of sp³-hybridized carbons (Fsp3) is 0.435. The first-order valence-corrected chi connectivity index (χ1v) is 12.3. The number of sulfonamides is 1. The van der Waals surface area contributed by atoms with Gasteiger partial charge in [0.15, 0.2) is 0 Å². The number of amides is 1. The Morgan fingerprint density at radius 2 is 1.81 bits per heavy atom. The molecule has 32 heavy (non-hydrogen) atoms. The second-order valence-electron chi connectivity index (χ2n) is 7.58. The second kappa shape index (κ2) is 10.4. The van der Waals surface area contributed by atoms with E-state index in [-0.39, 0.29) is 10.5 Å². The fourth-order valence-corrected chi connectivity index (χ4v) is 5.31. The van der Waals surface area contributed by atoms with E-state index in [2.05, 4.69) is 5.32 Å². The highest BCUT2D eigenvalue weighted by atomic mass is 32.2. The lowest BCUT2D eigenvalue weighted by molar-refractivity contribution is 0.0937. The molecule has 1 unspecified atom stereocenters. The number of ether oxygens (including phenoxy) is 1. The first kappa shape index (κ1) is 24.2. The molecular formula is C23H30FN3O4S. The number of anilines is 1. The standard InChI is InChI=1S/C23H30FN3O4S/c1-4-27(5-2)32(29,30)18-10-11-22(26-12-14-31-15-13-26)20(16-18)23(28)25-17(3)19-8-6-7-9-21(19)24/h6-11,16-17H,4-5,12-15H2,1-3H3,(H,25,28). The summed E-state index contributed by atoms with van der Waals surface area (Å²) in [5.74, 6) is -0.870. The number of hydrogen-bond donors (Lipinski definition) is 1. The summed E-state index contributed by atoms with van der Waals surface area (Å²) in [5.41, 5.74) is 1.23. The van der Waals surface area contributed by atoms with E-state index in [0.717, 1.165) is 0 Å². The molecule has 9 heteroatoms. The number of morpholine rings is 1. The lowest BCUT2D eigenvalue weighted by atomic mass is 10.1. The van der Waals surface area contributed by atoms with E-state index in [1.54, 1.807) is 45.0 Å². The number of benzene rings is 2. The van der Waals surface area contributed by atoms with Crippen LogP contribution in [0.3, 0.4) is 0 Å². The first-order chi connectivity index (χ1) is 15.3. The number of nitrogens with one attached hydrogen (secondary N) is 1. The van der Waals surface area contributed by atoms with Gasteiger partial charge in [-0.2, -0.15) is 4.31 Å². The van der Waals surface area contributed by atoms with Gasteiger partial charge in [0.05, 0.1) is 29.7 Å². The normalized spacial score (nSPS) is 15.6. The zero-order valence-corrected chi connectivity index (χ0v) is 19.5. The highest BCUT2D eigenvalue weighted by Crippen LogP contribution is 2.28. The van der Waals surface area contributed by atoms with Crippen molar-refractivity contribution in [2.75, 3.05) is 44.3 Å². The summed E-state index contributed by atoms with van der Waals surface area (Å²) < 4.78 is 47.1. The highest BCUT2D eigenvalue weighted by molar-refractivity contribution is 7.89. The topological polar surface area (TPSA) is 79.0 Å². The van der Waals surface area contributed by atoms with Crippen molar-refractivity contribution >= 4 is 21.6 Å². The van der Waals surface area contributed by atoms with Crippen LogP contribution in [0.1, 0.15) is 42.7 Å².